The molecule has 2 N–H and O–H groups in total. The summed E-state index contributed by atoms with van der Waals surface area (Å²) in [6.07, 6.45) is 2.31. The Morgan fingerprint density at radius 3 is 2.50 bits per heavy atom. The van der Waals surface area contributed by atoms with Gasteiger partial charge in [-0.25, -0.2) is 9.97 Å². The van der Waals surface area contributed by atoms with Crippen molar-refractivity contribution in [3.05, 3.63) is 82.1 Å². The van der Waals surface area contributed by atoms with Crippen molar-refractivity contribution in [1.29, 1.82) is 5.26 Å². The Morgan fingerprint density at radius 2 is 1.79 bits per heavy atom. The van der Waals surface area contributed by atoms with Gasteiger partial charge in [-0.2, -0.15) is 5.26 Å². The van der Waals surface area contributed by atoms with Crippen LogP contribution in [-0.2, 0) is 12.0 Å². The molecule has 10 heteroatoms. The summed E-state index contributed by atoms with van der Waals surface area (Å²) in [6, 6.07) is 18.4. The number of hydrogen-bond donors (Lipinski definition) is 2. The minimum Gasteiger partial charge on any atom is -0.487 e. The highest BCUT2D eigenvalue weighted by Crippen LogP contribution is 2.34. The number of likely N-dealkylation sites (tertiary alicyclic amines) is 1. The van der Waals surface area contributed by atoms with Gasteiger partial charge in [-0.3, -0.25) is 15.1 Å². The van der Waals surface area contributed by atoms with E-state index in [1.54, 1.807) is 6.07 Å². The first-order valence-corrected chi connectivity index (χ1v) is 15.2. The Balaban J connectivity index is 1.00. The molecular weight excluding hydrogens is 548 g/mol. The first-order chi connectivity index (χ1) is 20.4. The number of rotatable bonds is 8. The lowest BCUT2D eigenvalue weighted by Gasteiger charge is -2.51. The van der Waals surface area contributed by atoms with E-state index in [4.69, 9.17) is 21.3 Å². The molecule has 1 aromatic heterocycles. The van der Waals surface area contributed by atoms with Crippen LogP contribution in [0.3, 0.4) is 0 Å². The molecule has 3 fully saturated rings. The average molecular weight is 587 g/mol. The van der Waals surface area contributed by atoms with Crippen LogP contribution in [0.5, 0.6) is 5.75 Å². The van der Waals surface area contributed by atoms with Crippen LogP contribution in [-0.4, -0.2) is 90.9 Å². The second-order valence-electron chi connectivity index (χ2n) is 11.9. The maximum Gasteiger partial charge on any atom is 0.225 e. The minimum absolute atomic E-state index is 0.317. The van der Waals surface area contributed by atoms with Crippen LogP contribution in [0.1, 0.15) is 36.2 Å². The molecule has 3 saturated heterocycles. The summed E-state index contributed by atoms with van der Waals surface area (Å²) < 4.78 is 6.10. The van der Waals surface area contributed by atoms with Crippen molar-refractivity contribution < 1.29 is 4.74 Å². The molecule has 1 unspecified atom stereocenters. The van der Waals surface area contributed by atoms with E-state index >= 15 is 0 Å². The zero-order chi connectivity index (χ0) is 29.1. The number of benzene rings is 2. The van der Waals surface area contributed by atoms with Crippen molar-refractivity contribution >= 4 is 17.5 Å². The van der Waals surface area contributed by atoms with Crippen LogP contribution in [0.2, 0.25) is 5.02 Å². The van der Waals surface area contributed by atoms with E-state index < -0.39 is 0 Å². The number of anilines is 1. The Bertz CT molecular complexity index is 1400. The van der Waals surface area contributed by atoms with Crippen molar-refractivity contribution in [3.63, 3.8) is 0 Å². The largest absolute Gasteiger partial charge is 0.487 e. The third kappa shape index (κ3) is 6.38. The number of halogens is 1. The second-order valence-corrected chi connectivity index (χ2v) is 12.4. The maximum absolute atomic E-state index is 9.35. The van der Waals surface area contributed by atoms with Crippen molar-refractivity contribution in [2.24, 2.45) is 0 Å². The average Bonchev–Trinajstić information content (AvgIpc) is 3.00. The third-order valence-electron chi connectivity index (χ3n) is 8.88. The summed E-state index contributed by atoms with van der Waals surface area (Å²) in [5.74, 6) is 1.56. The molecular formula is C32H39ClN8O. The van der Waals surface area contributed by atoms with Gasteiger partial charge in [0, 0.05) is 81.6 Å². The fraction of sp³-hybridized carbons (Fsp3) is 0.469. The molecule has 0 aliphatic carbocycles. The number of ether oxygens (including phenoxy) is 1. The van der Waals surface area contributed by atoms with Gasteiger partial charge in [-0.05, 0) is 47.5 Å². The minimum atomic E-state index is -0.317. The number of piperazine rings is 2. The smallest absolute Gasteiger partial charge is 0.225 e. The normalized spacial score (nSPS) is 20.6. The summed E-state index contributed by atoms with van der Waals surface area (Å²) >= 11 is 6.27. The summed E-state index contributed by atoms with van der Waals surface area (Å²) in [4.78, 5) is 16.8. The van der Waals surface area contributed by atoms with Gasteiger partial charge < -0.3 is 15.0 Å². The molecule has 2 aromatic carbocycles. The molecule has 0 spiro atoms. The molecule has 42 heavy (non-hydrogen) atoms. The molecule has 3 aliphatic heterocycles. The van der Waals surface area contributed by atoms with E-state index in [1.165, 1.54) is 0 Å². The summed E-state index contributed by atoms with van der Waals surface area (Å²) in [5, 5.41) is 17.0. The Hall–Kier alpha value is -3.26. The van der Waals surface area contributed by atoms with Crippen LogP contribution in [0.4, 0.5) is 5.95 Å². The van der Waals surface area contributed by atoms with Crippen LogP contribution >= 0.6 is 11.6 Å². The molecule has 9 nitrogen and oxygen atoms in total. The lowest BCUT2D eigenvalue weighted by Crippen LogP contribution is -2.69. The molecule has 4 heterocycles. The fourth-order valence-electron chi connectivity index (χ4n) is 6.08. The van der Waals surface area contributed by atoms with Gasteiger partial charge in [-0.1, -0.05) is 37.6 Å². The Kier molecular flexibility index (Phi) is 8.61. The van der Waals surface area contributed by atoms with E-state index in [0.717, 1.165) is 87.4 Å². The van der Waals surface area contributed by atoms with Gasteiger partial charge in [0.1, 0.15) is 12.4 Å². The lowest BCUT2D eigenvalue weighted by atomic mass is 9.78. The molecule has 1 atom stereocenters. The van der Waals surface area contributed by atoms with E-state index in [0.29, 0.717) is 29.4 Å². The zero-order valence-electron chi connectivity index (χ0n) is 24.4. The Morgan fingerprint density at radius 1 is 1.00 bits per heavy atom. The van der Waals surface area contributed by atoms with Gasteiger partial charge in [0.25, 0.3) is 0 Å². The third-order valence-corrected chi connectivity index (χ3v) is 9.09. The molecule has 6 rings (SSSR count). The number of nitrogens with zero attached hydrogens (tertiary/aromatic N) is 6. The number of nitriles is 1. The van der Waals surface area contributed by atoms with E-state index in [9.17, 15) is 5.26 Å². The van der Waals surface area contributed by atoms with Crippen LogP contribution in [0.25, 0.3) is 0 Å². The summed E-state index contributed by atoms with van der Waals surface area (Å²) in [5.41, 5.74) is 3.22. The van der Waals surface area contributed by atoms with E-state index in [1.807, 2.05) is 36.5 Å². The van der Waals surface area contributed by atoms with Crippen molar-refractivity contribution in [1.82, 2.24) is 30.4 Å². The molecule has 0 bridgehead atoms. The van der Waals surface area contributed by atoms with E-state index in [2.05, 4.69) is 62.4 Å². The lowest BCUT2D eigenvalue weighted by molar-refractivity contribution is -0.0111. The van der Waals surface area contributed by atoms with Gasteiger partial charge in [-0.15, -0.1) is 0 Å². The Labute approximate surface area is 253 Å². The quantitative estimate of drug-likeness (QED) is 0.413. The van der Waals surface area contributed by atoms with Crippen LogP contribution < -0.4 is 20.3 Å². The summed E-state index contributed by atoms with van der Waals surface area (Å²) in [7, 11) is 0. The zero-order valence-corrected chi connectivity index (χ0v) is 25.1. The first-order valence-electron chi connectivity index (χ1n) is 14.8. The summed E-state index contributed by atoms with van der Waals surface area (Å²) in [6.45, 7) is 14.0. The van der Waals surface area contributed by atoms with Crippen molar-refractivity contribution in [3.8, 4) is 11.8 Å². The van der Waals surface area contributed by atoms with Crippen molar-refractivity contribution in [2.45, 2.75) is 38.1 Å². The SMILES string of the molecule is CC(C)(c1ccc(OCc2ccnc(N3CCN(C4CN(C5CNCCN5)C4)CC3)n2)cc1)c1cc(Cl)cc(C#N)c1. The van der Waals surface area contributed by atoms with Crippen molar-refractivity contribution in [2.75, 3.05) is 63.8 Å². The second kappa shape index (κ2) is 12.5. The van der Waals surface area contributed by atoms with Crippen LogP contribution in [0, 0.1) is 11.3 Å². The molecule has 0 amide bonds. The number of nitrogens with one attached hydrogen (secondary N) is 2. The van der Waals surface area contributed by atoms with Gasteiger partial charge in [0.15, 0.2) is 0 Å². The topological polar surface area (TPSA) is 92.6 Å². The van der Waals surface area contributed by atoms with Gasteiger partial charge in [0.05, 0.1) is 23.5 Å². The predicted octanol–water partition coefficient (Wildman–Crippen LogP) is 3.23. The standard InChI is InChI=1S/C32H39ClN8O/c1-32(2,25-15-23(18-34)16-26(33)17-25)24-3-5-29(6-4-24)42-22-27-7-8-37-31(38-27)40-13-11-39(12-14-40)28-20-41(21-28)30-19-35-9-10-36-30/h3-8,15-17,28,30,35-36H,9-14,19-22H2,1-2H3. The van der Waals surface area contributed by atoms with Gasteiger partial charge in [0.2, 0.25) is 5.95 Å². The highest BCUT2D eigenvalue weighted by molar-refractivity contribution is 6.30. The highest BCUT2D eigenvalue weighted by Gasteiger charge is 2.37. The van der Waals surface area contributed by atoms with Crippen LogP contribution in [0.15, 0.2) is 54.7 Å². The predicted molar refractivity (Wildman–Crippen MR) is 165 cm³/mol. The molecule has 0 saturated carbocycles. The van der Waals surface area contributed by atoms with E-state index in [-0.39, 0.29) is 5.41 Å². The molecule has 220 valence electrons. The number of aromatic nitrogens is 2. The number of hydrogen-bond acceptors (Lipinski definition) is 9. The monoisotopic (exact) mass is 586 g/mol. The molecule has 3 aliphatic rings. The van der Waals surface area contributed by atoms with Gasteiger partial charge >= 0.3 is 0 Å². The molecule has 3 aromatic rings. The first kappa shape index (κ1) is 28.8. The maximum atomic E-state index is 9.35. The fourth-order valence-corrected chi connectivity index (χ4v) is 6.32. The molecule has 0 radical (unpaired) electrons. The highest BCUT2D eigenvalue weighted by atomic mass is 35.5.